The van der Waals surface area contributed by atoms with Crippen LogP contribution in [0.4, 0.5) is 0 Å². The van der Waals surface area contributed by atoms with E-state index in [1.54, 1.807) is 19.2 Å². The molecule has 2 heterocycles. The number of hydrogen-bond donors (Lipinski definition) is 0. The van der Waals surface area contributed by atoms with Crippen LogP contribution in [0.15, 0.2) is 47.3 Å². The van der Waals surface area contributed by atoms with Crippen LogP contribution >= 0.6 is 22.9 Å². The SMILES string of the molecule is CCCCCOc1ccc(/C=c2\sc3nc(-c4cccc(Cl)c4)nn3c2=O)cc1OC. The molecule has 0 aliphatic heterocycles. The average Bonchev–Trinajstić information content (AvgIpc) is 3.31. The Balaban J connectivity index is 1.62. The fourth-order valence-corrected chi connectivity index (χ4v) is 4.26. The summed E-state index contributed by atoms with van der Waals surface area (Å²) in [5.41, 5.74) is 1.40. The smallest absolute Gasteiger partial charge is 0.291 e. The van der Waals surface area contributed by atoms with Gasteiger partial charge in [0.1, 0.15) is 0 Å². The lowest BCUT2D eigenvalue weighted by atomic mass is 10.2. The molecule has 2 aromatic carbocycles. The zero-order valence-electron chi connectivity index (χ0n) is 17.3. The van der Waals surface area contributed by atoms with Gasteiger partial charge in [-0.25, -0.2) is 0 Å². The van der Waals surface area contributed by atoms with E-state index in [-0.39, 0.29) is 5.56 Å². The number of ether oxygens (including phenoxy) is 2. The first-order valence-corrected chi connectivity index (χ1v) is 11.3. The molecule has 0 atom stereocenters. The van der Waals surface area contributed by atoms with Crippen molar-refractivity contribution in [1.29, 1.82) is 0 Å². The average molecular weight is 456 g/mol. The van der Waals surface area contributed by atoms with Gasteiger partial charge in [-0.1, -0.05) is 60.9 Å². The van der Waals surface area contributed by atoms with Crippen LogP contribution in [-0.4, -0.2) is 28.3 Å². The van der Waals surface area contributed by atoms with Crippen molar-refractivity contribution in [3.05, 3.63) is 67.9 Å². The largest absolute Gasteiger partial charge is 0.493 e. The van der Waals surface area contributed by atoms with E-state index >= 15 is 0 Å². The van der Waals surface area contributed by atoms with Crippen LogP contribution in [0.2, 0.25) is 5.02 Å². The summed E-state index contributed by atoms with van der Waals surface area (Å²) in [6.45, 7) is 2.81. The van der Waals surface area contributed by atoms with Gasteiger partial charge >= 0.3 is 0 Å². The van der Waals surface area contributed by atoms with Crippen LogP contribution in [0.1, 0.15) is 31.7 Å². The Kier molecular flexibility index (Phi) is 6.53. The summed E-state index contributed by atoms with van der Waals surface area (Å²) in [4.78, 5) is 17.9. The molecule has 160 valence electrons. The Labute approximate surface area is 188 Å². The van der Waals surface area contributed by atoms with Crippen LogP contribution < -0.4 is 19.6 Å². The molecular weight excluding hydrogens is 434 g/mol. The standard InChI is InChI=1S/C23H22ClN3O3S/c1-3-4-5-11-30-18-10-9-15(12-19(18)29-2)13-20-22(28)27-23(31-20)25-21(26-27)16-7-6-8-17(24)14-16/h6-10,12-14H,3-5,11H2,1-2H3/b20-13-. The van der Waals surface area contributed by atoms with Crippen LogP contribution in [0, 0.1) is 0 Å². The molecular formula is C23H22ClN3O3S. The highest BCUT2D eigenvalue weighted by Gasteiger charge is 2.13. The van der Waals surface area contributed by atoms with E-state index in [2.05, 4.69) is 17.0 Å². The van der Waals surface area contributed by atoms with Gasteiger partial charge in [0.2, 0.25) is 4.96 Å². The number of halogens is 1. The molecule has 0 fully saturated rings. The molecule has 31 heavy (non-hydrogen) atoms. The summed E-state index contributed by atoms with van der Waals surface area (Å²) < 4.78 is 13.2. The zero-order chi connectivity index (χ0) is 21.8. The molecule has 0 unspecified atom stereocenters. The summed E-state index contributed by atoms with van der Waals surface area (Å²) in [6.07, 6.45) is 5.09. The number of methoxy groups -OCH3 is 1. The summed E-state index contributed by atoms with van der Waals surface area (Å²) in [5, 5.41) is 4.96. The molecule has 8 heteroatoms. The molecule has 0 amide bonds. The Morgan fingerprint density at radius 2 is 2.03 bits per heavy atom. The normalized spacial score (nSPS) is 11.9. The van der Waals surface area contributed by atoms with Crippen LogP contribution in [0.3, 0.4) is 0 Å². The first kappa shape index (κ1) is 21.3. The van der Waals surface area contributed by atoms with Crippen molar-refractivity contribution >= 4 is 34.0 Å². The van der Waals surface area contributed by atoms with Gasteiger partial charge in [0.05, 0.1) is 18.2 Å². The molecule has 2 aromatic heterocycles. The predicted octanol–water partition coefficient (Wildman–Crippen LogP) is 4.60. The van der Waals surface area contributed by atoms with E-state index in [4.69, 9.17) is 21.1 Å². The van der Waals surface area contributed by atoms with Gasteiger partial charge in [-0.2, -0.15) is 9.50 Å². The monoisotopic (exact) mass is 455 g/mol. The summed E-state index contributed by atoms with van der Waals surface area (Å²) in [7, 11) is 1.61. The van der Waals surface area contributed by atoms with Crippen molar-refractivity contribution in [1.82, 2.24) is 14.6 Å². The molecule has 0 saturated carbocycles. The topological polar surface area (TPSA) is 65.7 Å². The third kappa shape index (κ3) is 4.73. The van der Waals surface area contributed by atoms with E-state index in [9.17, 15) is 4.79 Å². The summed E-state index contributed by atoms with van der Waals surface area (Å²) >= 11 is 7.34. The maximum Gasteiger partial charge on any atom is 0.291 e. The minimum Gasteiger partial charge on any atom is -0.493 e. The van der Waals surface area contributed by atoms with Gasteiger partial charge in [0.25, 0.3) is 5.56 Å². The van der Waals surface area contributed by atoms with Crippen LogP contribution in [0.5, 0.6) is 11.5 Å². The number of thiazole rings is 1. The highest BCUT2D eigenvalue weighted by molar-refractivity contribution is 7.15. The fraction of sp³-hybridized carbons (Fsp3) is 0.261. The molecule has 0 saturated heterocycles. The second-order valence-electron chi connectivity index (χ2n) is 7.02. The predicted molar refractivity (Wildman–Crippen MR) is 124 cm³/mol. The number of hydrogen-bond acceptors (Lipinski definition) is 6. The molecule has 0 spiro atoms. The highest BCUT2D eigenvalue weighted by atomic mass is 35.5. The lowest BCUT2D eigenvalue weighted by Gasteiger charge is -2.11. The second-order valence-corrected chi connectivity index (χ2v) is 8.47. The Morgan fingerprint density at radius 1 is 1.16 bits per heavy atom. The first-order chi connectivity index (χ1) is 15.1. The Morgan fingerprint density at radius 3 is 2.77 bits per heavy atom. The van der Waals surface area contributed by atoms with Gasteiger partial charge in [0, 0.05) is 10.6 Å². The maximum absolute atomic E-state index is 12.8. The van der Waals surface area contributed by atoms with E-state index in [0.717, 1.165) is 30.4 Å². The van der Waals surface area contributed by atoms with Crippen LogP contribution in [-0.2, 0) is 0 Å². The third-order valence-electron chi connectivity index (χ3n) is 4.76. The second kappa shape index (κ2) is 9.49. The van der Waals surface area contributed by atoms with Crippen molar-refractivity contribution < 1.29 is 9.47 Å². The maximum atomic E-state index is 12.8. The quantitative estimate of drug-likeness (QED) is 0.363. The summed E-state index contributed by atoms with van der Waals surface area (Å²) in [6, 6.07) is 12.9. The van der Waals surface area contributed by atoms with Gasteiger partial charge in [0.15, 0.2) is 17.3 Å². The van der Waals surface area contributed by atoms with Gasteiger partial charge in [-0.3, -0.25) is 4.79 Å². The Hall–Kier alpha value is -2.90. The highest BCUT2D eigenvalue weighted by Crippen LogP contribution is 2.28. The molecule has 0 bridgehead atoms. The van der Waals surface area contributed by atoms with E-state index in [1.165, 1.54) is 15.9 Å². The molecule has 6 nitrogen and oxygen atoms in total. The molecule has 0 aliphatic carbocycles. The lowest BCUT2D eigenvalue weighted by Crippen LogP contribution is -2.23. The van der Waals surface area contributed by atoms with E-state index < -0.39 is 0 Å². The van der Waals surface area contributed by atoms with E-state index in [1.807, 2.05) is 36.4 Å². The number of benzene rings is 2. The number of fused-ring (bicyclic) bond motifs is 1. The van der Waals surface area contributed by atoms with E-state index in [0.29, 0.717) is 38.4 Å². The molecule has 0 N–H and O–H groups in total. The minimum atomic E-state index is -0.209. The number of rotatable bonds is 8. The van der Waals surface area contributed by atoms with Crippen molar-refractivity contribution in [2.24, 2.45) is 0 Å². The lowest BCUT2D eigenvalue weighted by molar-refractivity contribution is 0.286. The van der Waals surface area contributed by atoms with Gasteiger partial charge < -0.3 is 9.47 Å². The number of unbranched alkanes of at least 4 members (excludes halogenated alkanes) is 2. The van der Waals surface area contributed by atoms with Crippen molar-refractivity contribution in [2.45, 2.75) is 26.2 Å². The molecule has 0 aliphatic rings. The molecule has 4 aromatic rings. The van der Waals surface area contributed by atoms with Crippen LogP contribution in [0.25, 0.3) is 22.4 Å². The third-order valence-corrected chi connectivity index (χ3v) is 5.95. The van der Waals surface area contributed by atoms with Crippen molar-refractivity contribution in [2.75, 3.05) is 13.7 Å². The molecule has 0 radical (unpaired) electrons. The van der Waals surface area contributed by atoms with Gasteiger partial charge in [-0.15, -0.1) is 5.10 Å². The van der Waals surface area contributed by atoms with Crippen molar-refractivity contribution in [3.8, 4) is 22.9 Å². The Bertz CT molecular complexity index is 1320. The zero-order valence-corrected chi connectivity index (χ0v) is 18.9. The minimum absolute atomic E-state index is 0.209. The summed E-state index contributed by atoms with van der Waals surface area (Å²) in [5.74, 6) is 1.82. The van der Waals surface area contributed by atoms with Crippen molar-refractivity contribution in [3.63, 3.8) is 0 Å². The number of nitrogens with zero attached hydrogens (tertiary/aromatic N) is 3. The fourth-order valence-electron chi connectivity index (χ4n) is 3.16. The first-order valence-electron chi connectivity index (χ1n) is 10.1. The molecule has 4 rings (SSSR count). The van der Waals surface area contributed by atoms with Gasteiger partial charge in [-0.05, 0) is 42.3 Å². The number of aromatic nitrogens is 3.